The van der Waals surface area contributed by atoms with Crippen LogP contribution in [0.25, 0.3) is 10.8 Å². The fourth-order valence-corrected chi connectivity index (χ4v) is 5.26. The molecule has 1 amide bonds. The first kappa shape index (κ1) is 22.2. The van der Waals surface area contributed by atoms with Crippen LogP contribution in [0.2, 0.25) is 0 Å². The molecular formula is C26H28N3O5+. The third kappa shape index (κ3) is 3.64. The number of carbonyl (C=O) groups is 2. The molecule has 2 N–H and O–H groups in total. The fourth-order valence-electron chi connectivity index (χ4n) is 5.26. The molecule has 0 radical (unpaired) electrons. The summed E-state index contributed by atoms with van der Waals surface area (Å²) in [4.78, 5) is 25.7. The van der Waals surface area contributed by atoms with Gasteiger partial charge in [-0.05, 0) is 41.5 Å². The summed E-state index contributed by atoms with van der Waals surface area (Å²) in [5.74, 6) is -1.63. The summed E-state index contributed by atoms with van der Waals surface area (Å²) in [6, 6.07) is 11.8. The van der Waals surface area contributed by atoms with Crippen molar-refractivity contribution in [1.29, 1.82) is 0 Å². The monoisotopic (exact) mass is 462 g/mol. The average Bonchev–Trinajstić information content (AvgIpc) is 3.30. The second kappa shape index (κ2) is 8.29. The minimum atomic E-state index is -1.15. The van der Waals surface area contributed by atoms with Crippen molar-refractivity contribution in [1.82, 2.24) is 9.47 Å². The molecule has 34 heavy (non-hydrogen) atoms. The van der Waals surface area contributed by atoms with Crippen LogP contribution in [0.4, 0.5) is 0 Å². The lowest BCUT2D eigenvalue weighted by molar-refractivity contribution is -0.671. The molecular weight excluding hydrogens is 434 g/mol. The van der Waals surface area contributed by atoms with Crippen LogP contribution in [0.5, 0.6) is 5.75 Å². The lowest BCUT2D eigenvalue weighted by Crippen LogP contribution is -2.63. The van der Waals surface area contributed by atoms with E-state index in [4.69, 9.17) is 4.74 Å². The van der Waals surface area contributed by atoms with Gasteiger partial charge in [-0.1, -0.05) is 25.1 Å². The molecule has 0 bridgehead atoms. The number of carbonyl (C=O) groups excluding carboxylic acids is 1. The zero-order chi connectivity index (χ0) is 24.1. The van der Waals surface area contributed by atoms with Gasteiger partial charge in [0, 0.05) is 11.5 Å². The zero-order valence-electron chi connectivity index (χ0n) is 19.4. The van der Waals surface area contributed by atoms with Gasteiger partial charge in [0.05, 0.1) is 25.1 Å². The molecule has 8 heteroatoms. The van der Waals surface area contributed by atoms with E-state index in [0.717, 1.165) is 17.3 Å². The number of β-lactam (4-membered cyclic amide) rings is 1. The summed E-state index contributed by atoms with van der Waals surface area (Å²) < 4.78 is 10.1. The molecule has 1 saturated heterocycles. The van der Waals surface area contributed by atoms with Gasteiger partial charge in [-0.3, -0.25) is 4.79 Å². The van der Waals surface area contributed by atoms with Gasteiger partial charge in [0.1, 0.15) is 37.0 Å². The number of aliphatic carboxylic acids is 1. The smallest absolute Gasteiger partial charge is 0.352 e. The van der Waals surface area contributed by atoms with Crippen LogP contribution in [-0.2, 0) is 23.2 Å². The van der Waals surface area contributed by atoms with Gasteiger partial charge < -0.3 is 19.8 Å². The van der Waals surface area contributed by atoms with E-state index < -0.39 is 18.0 Å². The molecule has 0 saturated carbocycles. The Kier molecular flexibility index (Phi) is 5.40. The van der Waals surface area contributed by atoms with Crippen LogP contribution in [0, 0.1) is 11.8 Å². The van der Waals surface area contributed by atoms with E-state index in [1.807, 2.05) is 55.5 Å². The number of aryl methyl sites for hydroxylation is 1. The number of carboxylic acid groups (broad SMARTS) is 1. The average molecular weight is 463 g/mol. The van der Waals surface area contributed by atoms with Gasteiger partial charge in [-0.15, -0.1) is 0 Å². The topological polar surface area (TPSA) is 95.9 Å². The van der Waals surface area contributed by atoms with Crippen molar-refractivity contribution >= 4 is 22.6 Å². The number of aliphatic hydroxyl groups is 1. The largest absolute Gasteiger partial charge is 0.489 e. The Balaban J connectivity index is 1.34. The molecule has 3 heterocycles. The van der Waals surface area contributed by atoms with Crippen molar-refractivity contribution < 1.29 is 29.1 Å². The molecule has 2 aromatic carbocycles. The maximum atomic E-state index is 12.5. The molecule has 5 rings (SSSR count). The van der Waals surface area contributed by atoms with Crippen molar-refractivity contribution in [2.24, 2.45) is 18.9 Å². The highest BCUT2D eigenvalue weighted by atomic mass is 16.5. The molecule has 8 nitrogen and oxygen atoms in total. The summed E-state index contributed by atoms with van der Waals surface area (Å²) in [7, 11) is 1.99. The number of hydrogen-bond donors (Lipinski definition) is 2. The van der Waals surface area contributed by atoms with Gasteiger partial charge in [0.15, 0.2) is 0 Å². The van der Waals surface area contributed by atoms with Crippen LogP contribution in [0.15, 0.2) is 66.4 Å². The van der Waals surface area contributed by atoms with Gasteiger partial charge >= 0.3 is 5.97 Å². The van der Waals surface area contributed by atoms with E-state index in [2.05, 4.69) is 22.8 Å². The second-order valence-corrected chi connectivity index (χ2v) is 9.32. The molecule has 2 aliphatic rings. The quantitative estimate of drug-likeness (QED) is 0.414. The fraction of sp³-hybridized carbons (Fsp3) is 0.346. The van der Waals surface area contributed by atoms with Crippen LogP contribution < -0.4 is 9.30 Å². The third-order valence-corrected chi connectivity index (χ3v) is 6.98. The van der Waals surface area contributed by atoms with Crippen LogP contribution in [0.1, 0.15) is 19.4 Å². The van der Waals surface area contributed by atoms with E-state index in [-0.39, 0.29) is 30.2 Å². The highest BCUT2D eigenvalue weighted by molar-refractivity contribution is 6.00. The van der Waals surface area contributed by atoms with Crippen molar-refractivity contribution in [2.75, 3.05) is 6.61 Å². The Labute approximate surface area is 197 Å². The first-order valence-corrected chi connectivity index (χ1v) is 11.4. The Hall–Kier alpha value is -3.65. The molecule has 0 spiro atoms. The van der Waals surface area contributed by atoms with Crippen LogP contribution in [0.3, 0.4) is 0 Å². The van der Waals surface area contributed by atoms with E-state index in [1.165, 1.54) is 10.5 Å². The van der Waals surface area contributed by atoms with Crippen LogP contribution in [-0.4, -0.2) is 50.3 Å². The molecule has 0 unspecified atom stereocenters. The van der Waals surface area contributed by atoms with Gasteiger partial charge in [-0.25, -0.2) is 13.9 Å². The van der Waals surface area contributed by atoms with Gasteiger partial charge in [0.2, 0.25) is 12.2 Å². The number of imidazole rings is 1. The normalized spacial score (nSPS) is 22.6. The number of nitrogens with zero attached hydrogens (tertiary/aromatic N) is 3. The lowest BCUT2D eigenvalue weighted by atomic mass is 9.78. The van der Waals surface area contributed by atoms with E-state index in [9.17, 15) is 19.8 Å². The number of benzene rings is 2. The molecule has 1 aromatic heterocycles. The van der Waals surface area contributed by atoms with E-state index in [0.29, 0.717) is 11.3 Å². The summed E-state index contributed by atoms with van der Waals surface area (Å²) in [5, 5.41) is 21.9. The van der Waals surface area contributed by atoms with E-state index >= 15 is 0 Å². The Morgan fingerprint density at radius 1 is 1.21 bits per heavy atom. The molecule has 176 valence electrons. The van der Waals surface area contributed by atoms with Gasteiger partial charge in [-0.2, -0.15) is 0 Å². The number of ether oxygens (including phenoxy) is 1. The number of rotatable bonds is 7. The summed E-state index contributed by atoms with van der Waals surface area (Å²) in [6.45, 7) is 4.31. The summed E-state index contributed by atoms with van der Waals surface area (Å²) in [5.41, 5.74) is 1.75. The number of fused-ring (bicyclic) bond motifs is 2. The minimum absolute atomic E-state index is 0.0109. The Morgan fingerprint density at radius 2 is 1.94 bits per heavy atom. The molecule has 3 aromatic rings. The lowest BCUT2D eigenvalue weighted by Gasteiger charge is -2.46. The predicted octanol–water partition coefficient (Wildman–Crippen LogP) is 2.09. The minimum Gasteiger partial charge on any atom is -0.489 e. The zero-order valence-corrected chi connectivity index (χ0v) is 19.4. The summed E-state index contributed by atoms with van der Waals surface area (Å²) >= 11 is 0. The van der Waals surface area contributed by atoms with Crippen molar-refractivity contribution in [3.63, 3.8) is 0 Å². The van der Waals surface area contributed by atoms with Gasteiger partial charge in [0.25, 0.3) is 0 Å². The maximum absolute atomic E-state index is 12.5. The number of aromatic nitrogens is 2. The molecule has 0 aliphatic carbocycles. The maximum Gasteiger partial charge on any atom is 0.352 e. The second-order valence-electron chi connectivity index (χ2n) is 9.32. The van der Waals surface area contributed by atoms with Crippen molar-refractivity contribution in [3.8, 4) is 5.75 Å². The van der Waals surface area contributed by atoms with Crippen molar-refractivity contribution in [3.05, 3.63) is 72.0 Å². The first-order chi connectivity index (χ1) is 16.2. The first-order valence-electron chi connectivity index (χ1n) is 11.4. The Morgan fingerprint density at radius 3 is 2.62 bits per heavy atom. The highest BCUT2D eigenvalue weighted by Gasteiger charge is 2.59. The number of carboxylic acids is 1. The molecule has 4 atom stereocenters. The number of amides is 1. The molecule has 1 fully saturated rings. The predicted molar refractivity (Wildman–Crippen MR) is 124 cm³/mol. The van der Waals surface area contributed by atoms with Crippen LogP contribution >= 0.6 is 0 Å². The SMILES string of the molecule is C[C@@H](O)[C@H]1C(=O)N2C(C(=O)O)=C(COc3ccc4cc(Cn5cc[n+](C)c5)ccc4c3)[C@H](C)[C@H]12. The van der Waals surface area contributed by atoms with Crippen molar-refractivity contribution in [2.45, 2.75) is 32.5 Å². The third-order valence-electron chi connectivity index (χ3n) is 6.98. The van der Waals surface area contributed by atoms with E-state index in [1.54, 1.807) is 6.92 Å². The highest BCUT2D eigenvalue weighted by Crippen LogP contribution is 2.47. The standard InChI is InChI=1S/C26H27N3O5/c1-15-21(24(26(32)33)29-23(15)22(16(2)30)25(29)31)13-34-20-7-6-18-10-17(4-5-19(18)11-20)12-28-9-8-27(3)14-28/h4-11,14-16,22-23,30H,12-13H2,1-3H3/p+1/t15-,16+,22+,23+/m0/s1. The number of hydrogen-bond acceptors (Lipinski definition) is 4. The molecule has 2 aliphatic heterocycles. The summed E-state index contributed by atoms with van der Waals surface area (Å²) in [6.07, 6.45) is 5.25. The Bertz CT molecular complexity index is 1320. The number of aliphatic hydroxyl groups excluding tert-OH is 1.